The van der Waals surface area contributed by atoms with E-state index in [0.29, 0.717) is 6.04 Å². The van der Waals surface area contributed by atoms with Gasteiger partial charge >= 0.3 is 0 Å². The lowest BCUT2D eigenvalue weighted by Gasteiger charge is -2.30. The van der Waals surface area contributed by atoms with Crippen molar-refractivity contribution in [3.63, 3.8) is 0 Å². The van der Waals surface area contributed by atoms with Gasteiger partial charge in [0, 0.05) is 44.4 Å². The van der Waals surface area contributed by atoms with Crippen LogP contribution in [-0.2, 0) is 11.3 Å². The lowest BCUT2D eigenvalue weighted by Crippen LogP contribution is -2.39. The van der Waals surface area contributed by atoms with E-state index in [4.69, 9.17) is 4.74 Å². The van der Waals surface area contributed by atoms with Gasteiger partial charge in [-0.3, -0.25) is 9.78 Å². The van der Waals surface area contributed by atoms with Crippen molar-refractivity contribution in [2.24, 2.45) is 5.92 Å². The predicted molar refractivity (Wildman–Crippen MR) is 108 cm³/mol. The van der Waals surface area contributed by atoms with E-state index < -0.39 is 0 Å². The van der Waals surface area contributed by atoms with Crippen molar-refractivity contribution in [1.82, 2.24) is 15.2 Å². The number of rotatable bonds is 6. The molecule has 1 amide bonds. The third-order valence-corrected chi connectivity index (χ3v) is 5.30. The van der Waals surface area contributed by atoms with Gasteiger partial charge in [-0.25, -0.2) is 0 Å². The molecule has 1 aliphatic rings. The Morgan fingerprint density at radius 1 is 1.19 bits per heavy atom. The Kier molecular flexibility index (Phi) is 6.45. The molecule has 144 valence electrons. The lowest BCUT2D eigenvalue weighted by atomic mass is 9.85. The molecule has 0 saturated heterocycles. The highest BCUT2D eigenvalue weighted by Crippen LogP contribution is 2.26. The van der Waals surface area contributed by atoms with Gasteiger partial charge in [0.25, 0.3) is 0 Å². The highest BCUT2D eigenvalue weighted by molar-refractivity contribution is 5.78. The standard InChI is InChI=1S/C22H29N3O2/c1-25(2)22(26)18-5-4-6-20(11-18)24-13-16-7-9-17(10-8-16)19-12-21(27-3)15-23-14-19/h7-10,12,14-15,18,20,24H,4-6,11,13H2,1-3H3/t18-,20+/m1/s1. The third-order valence-electron chi connectivity index (χ3n) is 5.30. The van der Waals surface area contributed by atoms with E-state index >= 15 is 0 Å². The summed E-state index contributed by atoms with van der Waals surface area (Å²) in [6.45, 7) is 0.824. The number of ether oxygens (including phenoxy) is 1. The molecule has 5 nitrogen and oxygen atoms in total. The quantitative estimate of drug-likeness (QED) is 0.849. The number of benzene rings is 1. The Balaban J connectivity index is 1.56. The number of methoxy groups -OCH3 is 1. The predicted octanol–water partition coefficient (Wildman–Crippen LogP) is 3.49. The Morgan fingerprint density at radius 3 is 2.67 bits per heavy atom. The number of nitrogens with one attached hydrogen (secondary N) is 1. The van der Waals surface area contributed by atoms with Crippen LogP contribution in [-0.4, -0.2) is 43.0 Å². The van der Waals surface area contributed by atoms with Gasteiger partial charge in [0.05, 0.1) is 13.3 Å². The minimum atomic E-state index is 0.161. The van der Waals surface area contributed by atoms with Gasteiger partial charge < -0.3 is 15.0 Å². The van der Waals surface area contributed by atoms with Crippen molar-refractivity contribution in [2.75, 3.05) is 21.2 Å². The first-order valence-electron chi connectivity index (χ1n) is 9.59. The Labute approximate surface area is 161 Å². The van der Waals surface area contributed by atoms with Crippen molar-refractivity contribution < 1.29 is 9.53 Å². The number of carbonyl (C=O) groups is 1. The molecule has 1 saturated carbocycles. The van der Waals surface area contributed by atoms with Gasteiger partial charge in [-0.15, -0.1) is 0 Å². The topological polar surface area (TPSA) is 54.5 Å². The van der Waals surface area contributed by atoms with Gasteiger partial charge in [-0.2, -0.15) is 0 Å². The van der Waals surface area contributed by atoms with Crippen LogP contribution in [0.3, 0.4) is 0 Å². The van der Waals surface area contributed by atoms with Crippen LogP contribution >= 0.6 is 0 Å². The number of hydrogen-bond acceptors (Lipinski definition) is 4. The zero-order chi connectivity index (χ0) is 19.2. The fourth-order valence-electron chi connectivity index (χ4n) is 3.73. The molecular formula is C22H29N3O2. The number of aromatic nitrogens is 1. The Bertz CT molecular complexity index is 758. The minimum Gasteiger partial charge on any atom is -0.495 e. The maximum absolute atomic E-state index is 12.2. The van der Waals surface area contributed by atoms with Crippen molar-refractivity contribution in [2.45, 2.75) is 38.3 Å². The fraction of sp³-hybridized carbons (Fsp3) is 0.455. The van der Waals surface area contributed by atoms with Crippen LogP contribution in [0.1, 0.15) is 31.2 Å². The van der Waals surface area contributed by atoms with Crippen LogP contribution < -0.4 is 10.1 Å². The maximum atomic E-state index is 12.2. The summed E-state index contributed by atoms with van der Waals surface area (Å²) >= 11 is 0. The highest BCUT2D eigenvalue weighted by Gasteiger charge is 2.27. The van der Waals surface area contributed by atoms with Gasteiger partial charge in [0.1, 0.15) is 5.75 Å². The monoisotopic (exact) mass is 367 g/mol. The largest absolute Gasteiger partial charge is 0.495 e. The first-order valence-corrected chi connectivity index (χ1v) is 9.59. The second-order valence-corrected chi connectivity index (χ2v) is 7.48. The Hall–Kier alpha value is -2.40. The average Bonchev–Trinajstić information content (AvgIpc) is 2.72. The molecule has 1 heterocycles. The molecule has 2 atom stereocenters. The van der Waals surface area contributed by atoms with E-state index in [-0.39, 0.29) is 11.8 Å². The summed E-state index contributed by atoms with van der Waals surface area (Å²) in [7, 11) is 5.34. The molecule has 0 aliphatic heterocycles. The second kappa shape index (κ2) is 9.00. The minimum absolute atomic E-state index is 0.161. The van der Waals surface area contributed by atoms with E-state index in [2.05, 4.69) is 34.6 Å². The number of pyridine rings is 1. The number of carbonyl (C=O) groups excluding carboxylic acids is 1. The van der Waals surface area contributed by atoms with Crippen molar-refractivity contribution in [3.8, 4) is 16.9 Å². The van der Waals surface area contributed by atoms with Crippen LogP contribution in [0.2, 0.25) is 0 Å². The second-order valence-electron chi connectivity index (χ2n) is 7.48. The third kappa shape index (κ3) is 5.07. The molecule has 0 spiro atoms. The van der Waals surface area contributed by atoms with E-state index in [0.717, 1.165) is 49.1 Å². The van der Waals surface area contributed by atoms with Crippen LogP contribution in [0.5, 0.6) is 5.75 Å². The number of hydrogen-bond donors (Lipinski definition) is 1. The molecule has 0 radical (unpaired) electrons. The molecule has 0 unspecified atom stereocenters. The van der Waals surface area contributed by atoms with Gasteiger partial charge in [0.2, 0.25) is 5.91 Å². The molecular weight excluding hydrogens is 338 g/mol. The highest BCUT2D eigenvalue weighted by atomic mass is 16.5. The van der Waals surface area contributed by atoms with E-state index in [1.165, 1.54) is 5.56 Å². The fourth-order valence-corrected chi connectivity index (χ4v) is 3.73. The zero-order valence-electron chi connectivity index (χ0n) is 16.4. The first kappa shape index (κ1) is 19.4. The van der Waals surface area contributed by atoms with Crippen molar-refractivity contribution in [3.05, 3.63) is 48.3 Å². The summed E-state index contributed by atoms with van der Waals surface area (Å²) in [5.41, 5.74) is 3.42. The molecule has 1 aromatic heterocycles. The summed E-state index contributed by atoms with van der Waals surface area (Å²) in [4.78, 5) is 18.2. The normalized spacial score (nSPS) is 19.5. The molecule has 0 bridgehead atoms. The van der Waals surface area contributed by atoms with Crippen LogP contribution in [0.4, 0.5) is 0 Å². The number of nitrogens with zero attached hydrogens (tertiary/aromatic N) is 2. The van der Waals surface area contributed by atoms with Gasteiger partial charge in [0.15, 0.2) is 0 Å². The molecule has 1 N–H and O–H groups in total. The lowest BCUT2D eigenvalue weighted by molar-refractivity contribution is -0.134. The molecule has 3 rings (SSSR count). The van der Waals surface area contributed by atoms with Crippen LogP contribution in [0.25, 0.3) is 11.1 Å². The zero-order valence-corrected chi connectivity index (χ0v) is 16.4. The van der Waals surface area contributed by atoms with Crippen molar-refractivity contribution in [1.29, 1.82) is 0 Å². The molecule has 27 heavy (non-hydrogen) atoms. The van der Waals surface area contributed by atoms with Crippen molar-refractivity contribution >= 4 is 5.91 Å². The first-order chi connectivity index (χ1) is 13.1. The molecule has 5 heteroatoms. The SMILES string of the molecule is COc1cncc(-c2ccc(CN[C@H]3CCC[C@@H](C(=O)N(C)C)C3)cc2)c1. The van der Waals surface area contributed by atoms with Crippen LogP contribution in [0, 0.1) is 5.92 Å². The molecule has 1 aromatic carbocycles. The van der Waals surface area contributed by atoms with Gasteiger partial charge in [-0.1, -0.05) is 30.7 Å². The summed E-state index contributed by atoms with van der Waals surface area (Å²) in [5, 5.41) is 3.64. The van der Waals surface area contributed by atoms with Gasteiger partial charge in [-0.05, 0) is 36.5 Å². The Morgan fingerprint density at radius 2 is 1.96 bits per heavy atom. The average molecular weight is 367 g/mol. The van der Waals surface area contributed by atoms with E-state index in [9.17, 15) is 4.79 Å². The smallest absolute Gasteiger partial charge is 0.225 e. The summed E-state index contributed by atoms with van der Waals surface area (Å²) < 4.78 is 5.25. The number of amides is 1. The summed E-state index contributed by atoms with van der Waals surface area (Å²) in [6.07, 6.45) is 7.76. The van der Waals surface area contributed by atoms with E-state index in [1.807, 2.05) is 26.4 Å². The summed E-state index contributed by atoms with van der Waals surface area (Å²) in [6, 6.07) is 10.9. The molecule has 1 aliphatic carbocycles. The molecule has 1 fully saturated rings. The maximum Gasteiger partial charge on any atom is 0.225 e. The summed E-state index contributed by atoms with van der Waals surface area (Å²) in [5.74, 6) is 1.18. The van der Waals surface area contributed by atoms with Crippen LogP contribution in [0.15, 0.2) is 42.7 Å². The van der Waals surface area contributed by atoms with E-state index in [1.54, 1.807) is 18.2 Å². The molecule has 2 aromatic rings.